The molecule has 0 heterocycles. The molecule has 0 radical (unpaired) electrons. The van der Waals surface area contributed by atoms with Crippen molar-refractivity contribution < 1.29 is 0 Å². The van der Waals surface area contributed by atoms with Gasteiger partial charge in [-0.1, -0.05) is 58.8 Å². The van der Waals surface area contributed by atoms with E-state index in [4.69, 9.17) is 11.1 Å². The minimum absolute atomic E-state index is 0.635. The molecular formula is C14H12N6. The molecule has 0 unspecified atom stereocenters. The van der Waals surface area contributed by atoms with Gasteiger partial charge in [0.05, 0.1) is 0 Å². The molecule has 20 heavy (non-hydrogen) atoms. The Hall–Kier alpha value is -2.94. The first kappa shape index (κ1) is 13.5. The molecule has 0 aliphatic carbocycles. The normalized spacial score (nSPS) is 9.40. The Morgan fingerprint density at radius 1 is 0.700 bits per heavy atom. The molecule has 2 aromatic rings. The zero-order chi connectivity index (χ0) is 14.2. The summed E-state index contributed by atoms with van der Waals surface area (Å²) in [4.78, 5) is 5.65. The zero-order valence-electron chi connectivity index (χ0n) is 10.7. The second-order valence-electron chi connectivity index (χ2n) is 4.14. The van der Waals surface area contributed by atoms with E-state index in [1.54, 1.807) is 12.1 Å². The van der Waals surface area contributed by atoms with Crippen molar-refractivity contribution in [1.29, 1.82) is 0 Å². The van der Waals surface area contributed by atoms with Crippen LogP contribution >= 0.6 is 0 Å². The van der Waals surface area contributed by atoms with E-state index < -0.39 is 0 Å². The molecule has 0 spiro atoms. The summed E-state index contributed by atoms with van der Waals surface area (Å²) >= 11 is 0. The van der Waals surface area contributed by atoms with Crippen molar-refractivity contribution >= 4 is 11.4 Å². The van der Waals surface area contributed by atoms with Gasteiger partial charge in [0.15, 0.2) is 0 Å². The zero-order valence-corrected chi connectivity index (χ0v) is 10.7. The molecule has 0 aliphatic heterocycles. The van der Waals surface area contributed by atoms with Crippen molar-refractivity contribution in [3.8, 4) is 0 Å². The van der Waals surface area contributed by atoms with E-state index in [9.17, 15) is 0 Å². The van der Waals surface area contributed by atoms with Crippen LogP contribution < -0.4 is 0 Å². The van der Waals surface area contributed by atoms with Crippen molar-refractivity contribution in [3.63, 3.8) is 0 Å². The maximum Gasteiger partial charge on any atom is 0.0407 e. The number of azide groups is 2. The lowest BCUT2D eigenvalue weighted by Gasteiger charge is -2.07. The van der Waals surface area contributed by atoms with Crippen molar-refractivity contribution in [2.24, 2.45) is 10.2 Å². The van der Waals surface area contributed by atoms with E-state index in [1.165, 1.54) is 0 Å². The van der Waals surface area contributed by atoms with E-state index in [2.05, 4.69) is 20.1 Å². The SMILES string of the molecule is [N-]=[N+]=Nc1ccccc1CCc1ccccc1N=[N+]=[N-]. The van der Waals surface area contributed by atoms with Crippen LogP contribution in [0.15, 0.2) is 58.8 Å². The van der Waals surface area contributed by atoms with Gasteiger partial charge >= 0.3 is 0 Å². The van der Waals surface area contributed by atoms with Crippen LogP contribution in [0.25, 0.3) is 20.9 Å². The Morgan fingerprint density at radius 3 is 1.50 bits per heavy atom. The minimum atomic E-state index is 0.635. The quantitative estimate of drug-likeness (QED) is 0.395. The second-order valence-corrected chi connectivity index (χ2v) is 4.14. The standard InChI is InChI=1S/C14H12N6/c15-19-17-13-7-3-1-5-11(13)9-10-12-6-2-4-8-14(12)18-20-16/h1-8H,9-10H2. The summed E-state index contributed by atoms with van der Waals surface area (Å²) < 4.78 is 0. The molecule has 98 valence electrons. The van der Waals surface area contributed by atoms with Crippen LogP contribution in [0.1, 0.15) is 11.1 Å². The number of nitrogens with zero attached hydrogens (tertiary/aromatic N) is 6. The van der Waals surface area contributed by atoms with Crippen molar-refractivity contribution in [2.75, 3.05) is 0 Å². The van der Waals surface area contributed by atoms with Gasteiger partial charge in [0, 0.05) is 21.2 Å². The fraction of sp³-hybridized carbons (Fsp3) is 0.143. The van der Waals surface area contributed by atoms with E-state index in [0.29, 0.717) is 24.2 Å². The van der Waals surface area contributed by atoms with E-state index in [0.717, 1.165) is 11.1 Å². The van der Waals surface area contributed by atoms with Gasteiger partial charge in [0.25, 0.3) is 0 Å². The van der Waals surface area contributed by atoms with E-state index >= 15 is 0 Å². The lowest BCUT2D eigenvalue weighted by Crippen LogP contribution is -1.92. The van der Waals surface area contributed by atoms with Crippen LogP contribution in [0.2, 0.25) is 0 Å². The number of benzene rings is 2. The molecule has 0 bridgehead atoms. The highest BCUT2D eigenvalue weighted by Gasteiger charge is 2.03. The van der Waals surface area contributed by atoms with Crippen LogP contribution in [0.5, 0.6) is 0 Å². The highest BCUT2D eigenvalue weighted by atomic mass is 15.1. The molecular weight excluding hydrogens is 252 g/mol. The summed E-state index contributed by atoms with van der Waals surface area (Å²) in [6.45, 7) is 0. The topological polar surface area (TPSA) is 97.5 Å². The molecule has 0 aromatic heterocycles. The number of aryl methyl sites for hydroxylation is 2. The highest BCUT2D eigenvalue weighted by Crippen LogP contribution is 2.24. The Morgan fingerprint density at radius 2 is 1.10 bits per heavy atom. The minimum Gasteiger partial charge on any atom is -0.0620 e. The van der Waals surface area contributed by atoms with Crippen LogP contribution in [0.4, 0.5) is 11.4 Å². The Bertz CT molecular complexity index is 635. The van der Waals surface area contributed by atoms with Gasteiger partial charge in [0.2, 0.25) is 0 Å². The lowest BCUT2D eigenvalue weighted by atomic mass is 10.0. The number of hydrogen-bond acceptors (Lipinski definition) is 2. The summed E-state index contributed by atoms with van der Waals surface area (Å²) in [5, 5.41) is 7.35. The van der Waals surface area contributed by atoms with Gasteiger partial charge < -0.3 is 0 Å². The molecule has 2 rings (SSSR count). The van der Waals surface area contributed by atoms with Crippen LogP contribution in [0, 0.1) is 0 Å². The molecule has 0 N–H and O–H groups in total. The Labute approximate surface area is 115 Å². The van der Waals surface area contributed by atoms with Crippen LogP contribution in [-0.4, -0.2) is 0 Å². The van der Waals surface area contributed by atoms with Gasteiger partial charge in [-0.05, 0) is 35.0 Å². The van der Waals surface area contributed by atoms with E-state index in [-0.39, 0.29) is 0 Å². The monoisotopic (exact) mass is 264 g/mol. The summed E-state index contributed by atoms with van der Waals surface area (Å²) in [5.74, 6) is 0. The third kappa shape index (κ3) is 3.29. The average molecular weight is 264 g/mol. The summed E-state index contributed by atoms with van der Waals surface area (Å²) in [6, 6.07) is 14.9. The first-order valence-electron chi connectivity index (χ1n) is 6.11. The average Bonchev–Trinajstić information content (AvgIpc) is 2.48. The predicted molar refractivity (Wildman–Crippen MR) is 77.9 cm³/mol. The molecule has 0 amide bonds. The molecule has 0 aliphatic rings. The fourth-order valence-electron chi connectivity index (χ4n) is 2.01. The largest absolute Gasteiger partial charge is 0.0620 e. The maximum absolute atomic E-state index is 8.55. The molecule has 0 fully saturated rings. The van der Waals surface area contributed by atoms with Gasteiger partial charge in [-0.2, -0.15) is 0 Å². The van der Waals surface area contributed by atoms with Crippen molar-refractivity contribution in [3.05, 3.63) is 80.5 Å². The van der Waals surface area contributed by atoms with Gasteiger partial charge in [-0.15, -0.1) is 0 Å². The van der Waals surface area contributed by atoms with Gasteiger partial charge in [-0.3, -0.25) is 0 Å². The van der Waals surface area contributed by atoms with Crippen LogP contribution in [0.3, 0.4) is 0 Å². The summed E-state index contributed by atoms with van der Waals surface area (Å²) in [5.41, 5.74) is 20.3. The van der Waals surface area contributed by atoms with E-state index in [1.807, 2.05) is 36.4 Å². The third-order valence-electron chi connectivity index (χ3n) is 2.95. The van der Waals surface area contributed by atoms with Gasteiger partial charge in [0.1, 0.15) is 0 Å². The molecule has 6 heteroatoms. The number of hydrogen-bond donors (Lipinski definition) is 0. The Kier molecular flexibility index (Phi) is 4.62. The highest BCUT2D eigenvalue weighted by molar-refractivity contribution is 5.48. The van der Waals surface area contributed by atoms with Crippen molar-refractivity contribution in [2.45, 2.75) is 12.8 Å². The predicted octanol–water partition coefficient (Wildman–Crippen LogP) is 5.36. The second kappa shape index (κ2) is 6.85. The molecule has 6 nitrogen and oxygen atoms in total. The fourth-order valence-corrected chi connectivity index (χ4v) is 2.01. The summed E-state index contributed by atoms with van der Waals surface area (Å²) in [6.07, 6.45) is 1.43. The third-order valence-corrected chi connectivity index (χ3v) is 2.95. The number of rotatable bonds is 5. The first-order valence-corrected chi connectivity index (χ1v) is 6.11. The first-order chi connectivity index (χ1) is 9.85. The molecule has 0 saturated carbocycles. The summed E-state index contributed by atoms with van der Waals surface area (Å²) in [7, 11) is 0. The van der Waals surface area contributed by atoms with Crippen molar-refractivity contribution in [1.82, 2.24) is 0 Å². The van der Waals surface area contributed by atoms with Crippen LogP contribution in [-0.2, 0) is 12.8 Å². The molecule has 2 aromatic carbocycles. The molecule has 0 atom stereocenters. The smallest absolute Gasteiger partial charge is 0.0407 e. The molecule has 0 saturated heterocycles. The Balaban J connectivity index is 2.21. The van der Waals surface area contributed by atoms with Gasteiger partial charge in [-0.25, -0.2) is 0 Å². The lowest BCUT2D eigenvalue weighted by molar-refractivity contribution is 0.957. The maximum atomic E-state index is 8.55.